The van der Waals surface area contributed by atoms with E-state index in [1.165, 1.54) is 12.1 Å². The van der Waals surface area contributed by atoms with E-state index in [4.69, 9.17) is 11.6 Å². The number of fused-ring (bicyclic) bond motifs is 1. The van der Waals surface area contributed by atoms with Gasteiger partial charge in [0.2, 0.25) is 0 Å². The molecule has 7 heteroatoms. The molecule has 1 heterocycles. The summed E-state index contributed by atoms with van der Waals surface area (Å²) < 4.78 is 0. The third-order valence-electron chi connectivity index (χ3n) is 3.43. The van der Waals surface area contributed by atoms with Crippen LogP contribution in [0.4, 0.5) is 17.3 Å². The lowest BCUT2D eigenvalue weighted by Crippen LogP contribution is -2.11. The molecule has 0 saturated carbocycles. The molecule has 110 valence electrons. The smallest absolute Gasteiger partial charge is 0.270 e. The minimum atomic E-state index is -0.460. The lowest BCUT2D eigenvalue weighted by Gasteiger charge is -2.13. The minimum absolute atomic E-state index is 0.0328. The van der Waals surface area contributed by atoms with Gasteiger partial charge in [-0.3, -0.25) is 10.1 Å². The van der Waals surface area contributed by atoms with Gasteiger partial charge in [-0.05, 0) is 17.0 Å². The van der Waals surface area contributed by atoms with E-state index in [9.17, 15) is 10.1 Å². The van der Waals surface area contributed by atoms with E-state index in [-0.39, 0.29) is 5.69 Å². The molecule has 3 aromatic rings. The summed E-state index contributed by atoms with van der Waals surface area (Å²) >= 11 is 0. The largest absolute Gasteiger partial charge is 0.383 e. The highest BCUT2D eigenvalue weighted by Gasteiger charge is 2.16. The molecule has 2 aromatic carbocycles. The second kappa shape index (κ2) is 5.30. The molecule has 0 radical (unpaired) electrons. The summed E-state index contributed by atoms with van der Waals surface area (Å²) in [5.74, 6) is 6.07. The van der Waals surface area contributed by atoms with Crippen LogP contribution in [0.2, 0.25) is 0 Å². The SMILES string of the molecule is NNc1nc(N)c(-c2ccccc2)c2ccc([N+](=O)[O-])cc12. The molecule has 3 rings (SSSR count). The first-order chi connectivity index (χ1) is 10.6. The molecule has 0 unspecified atom stereocenters. The maximum atomic E-state index is 11.0. The van der Waals surface area contributed by atoms with Crippen LogP contribution in [-0.4, -0.2) is 9.91 Å². The first-order valence-electron chi connectivity index (χ1n) is 6.51. The van der Waals surface area contributed by atoms with Gasteiger partial charge in [0.1, 0.15) is 5.82 Å². The van der Waals surface area contributed by atoms with Gasteiger partial charge < -0.3 is 11.2 Å². The second-order valence-corrected chi connectivity index (χ2v) is 4.72. The maximum Gasteiger partial charge on any atom is 0.270 e. The number of benzene rings is 2. The normalized spacial score (nSPS) is 10.6. The van der Waals surface area contributed by atoms with Crippen molar-refractivity contribution in [3.63, 3.8) is 0 Å². The number of aromatic nitrogens is 1. The van der Waals surface area contributed by atoms with Gasteiger partial charge in [0, 0.05) is 23.1 Å². The van der Waals surface area contributed by atoms with Crippen LogP contribution in [0, 0.1) is 10.1 Å². The fourth-order valence-electron chi connectivity index (χ4n) is 2.45. The number of nitro groups is 1. The number of nitrogen functional groups attached to an aromatic ring is 2. The zero-order valence-corrected chi connectivity index (χ0v) is 11.5. The van der Waals surface area contributed by atoms with Crippen LogP contribution in [-0.2, 0) is 0 Å². The number of hydrazine groups is 1. The van der Waals surface area contributed by atoms with E-state index in [0.29, 0.717) is 17.0 Å². The molecule has 0 saturated heterocycles. The lowest BCUT2D eigenvalue weighted by atomic mass is 9.99. The molecule has 1 aromatic heterocycles. The Balaban J connectivity index is 2.38. The number of rotatable bonds is 3. The van der Waals surface area contributed by atoms with Crippen LogP contribution in [0.1, 0.15) is 0 Å². The Kier molecular flexibility index (Phi) is 3.32. The fourth-order valence-corrected chi connectivity index (χ4v) is 2.45. The summed E-state index contributed by atoms with van der Waals surface area (Å²) in [7, 11) is 0. The zero-order chi connectivity index (χ0) is 15.7. The van der Waals surface area contributed by atoms with E-state index in [2.05, 4.69) is 10.4 Å². The Bertz CT molecular complexity index is 865. The highest BCUT2D eigenvalue weighted by Crippen LogP contribution is 2.37. The Morgan fingerprint density at radius 1 is 1.09 bits per heavy atom. The first kappa shape index (κ1) is 13.8. The monoisotopic (exact) mass is 295 g/mol. The number of nitrogens with zero attached hydrogens (tertiary/aromatic N) is 2. The van der Waals surface area contributed by atoms with Crippen molar-refractivity contribution in [1.29, 1.82) is 0 Å². The summed E-state index contributed by atoms with van der Waals surface area (Å²) in [6, 6.07) is 14.0. The molecule has 22 heavy (non-hydrogen) atoms. The summed E-state index contributed by atoms with van der Waals surface area (Å²) in [5.41, 5.74) is 10.1. The molecule has 0 spiro atoms. The van der Waals surface area contributed by atoms with Crippen molar-refractivity contribution in [3.8, 4) is 11.1 Å². The highest BCUT2D eigenvalue weighted by molar-refractivity contribution is 6.06. The molecule has 0 bridgehead atoms. The minimum Gasteiger partial charge on any atom is -0.383 e. The van der Waals surface area contributed by atoms with Crippen LogP contribution in [0.15, 0.2) is 48.5 Å². The van der Waals surface area contributed by atoms with Crippen LogP contribution >= 0.6 is 0 Å². The number of hydrogen-bond donors (Lipinski definition) is 3. The van der Waals surface area contributed by atoms with Gasteiger partial charge in [-0.15, -0.1) is 0 Å². The van der Waals surface area contributed by atoms with Crippen LogP contribution in [0.25, 0.3) is 21.9 Å². The summed E-state index contributed by atoms with van der Waals surface area (Å²) in [5, 5.41) is 12.3. The third kappa shape index (κ3) is 2.19. The van der Waals surface area contributed by atoms with Crippen molar-refractivity contribution in [1.82, 2.24) is 4.98 Å². The van der Waals surface area contributed by atoms with Gasteiger partial charge in [0.15, 0.2) is 5.82 Å². The molecule has 7 nitrogen and oxygen atoms in total. The molecule has 5 N–H and O–H groups in total. The van der Waals surface area contributed by atoms with Gasteiger partial charge in [-0.25, -0.2) is 10.8 Å². The van der Waals surface area contributed by atoms with Gasteiger partial charge in [-0.2, -0.15) is 0 Å². The zero-order valence-electron chi connectivity index (χ0n) is 11.5. The van der Waals surface area contributed by atoms with Gasteiger partial charge >= 0.3 is 0 Å². The van der Waals surface area contributed by atoms with Crippen molar-refractivity contribution >= 4 is 28.1 Å². The first-order valence-corrected chi connectivity index (χ1v) is 6.51. The topological polar surface area (TPSA) is 120 Å². The number of nitrogens with one attached hydrogen (secondary N) is 1. The Labute approximate surface area is 125 Å². The van der Waals surface area contributed by atoms with E-state index in [1.807, 2.05) is 30.3 Å². The van der Waals surface area contributed by atoms with E-state index >= 15 is 0 Å². The van der Waals surface area contributed by atoms with Gasteiger partial charge in [0.25, 0.3) is 5.69 Å². The van der Waals surface area contributed by atoms with Crippen molar-refractivity contribution in [2.45, 2.75) is 0 Å². The van der Waals surface area contributed by atoms with Crippen LogP contribution < -0.4 is 17.0 Å². The summed E-state index contributed by atoms with van der Waals surface area (Å²) in [6.07, 6.45) is 0. The predicted molar refractivity (Wildman–Crippen MR) is 86.1 cm³/mol. The van der Waals surface area contributed by atoms with Gasteiger partial charge in [0.05, 0.1) is 4.92 Å². The number of nitrogens with two attached hydrogens (primary N) is 2. The lowest BCUT2D eigenvalue weighted by molar-refractivity contribution is -0.384. The second-order valence-electron chi connectivity index (χ2n) is 4.72. The maximum absolute atomic E-state index is 11.0. The number of non-ortho nitro benzene ring substituents is 1. The third-order valence-corrected chi connectivity index (χ3v) is 3.43. The molecule has 0 aliphatic carbocycles. The molecular formula is C15H13N5O2. The summed E-state index contributed by atoms with van der Waals surface area (Å²) in [6.45, 7) is 0. The average Bonchev–Trinajstić information content (AvgIpc) is 2.54. The van der Waals surface area contributed by atoms with Crippen molar-refractivity contribution in [2.24, 2.45) is 5.84 Å². The van der Waals surface area contributed by atoms with Crippen LogP contribution in [0.3, 0.4) is 0 Å². The molecular weight excluding hydrogens is 282 g/mol. The number of anilines is 2. The van der Waals surface area contributed by atoms with Crippen molar-refractivity contribution in [3.05, 3.63) is 58.6 Å². The molecule has 0 aliphatic heterocycles. The van der Waals surface area contributed by atoms with Crippen molar-refractivity contribution in [2.75, 3.05) is 11.2 Å². The standard InChI is InChI=1S/C15H13N5O2/c16-14-13(9-4-2-1-3-5-9)11-7-6-10(20(21)22)8-12(11)15(18-14)19-17/h1-8H,17H2,(H3,16,18,19). The summed E-state index contributed by atoms with van der Waals surface area (Å²) in [4.78, 5) is 14.7. The highest BCUT2D eigenvalue weighted by atomic mass is 16.6. The Morgan fingerprint density at radius 2 is 1.82 bits per heavy atom. The molecule has 0 atom stereocenters. The average molecular weight is 295 g/mol. The quantitative estimate of drug-likeness (QED) is 0.388. The molecule has 0 aliphatic rings. The number of nitro benzene ring substituents is 1. The number of hydrogen-bond acceptors (Lipinski definition) is 6. The number of pyridine rings is 1. The Hall–Kier alpha value is -3.19. The van der Waals surface area contributed by atoms with Crippen molar-refractivity contribution < 1.29 is 4.92 Å². The van der Waals surface area contributed by atoms with E-state index in [1.54, 1.807) is 6.07 Å². The predicted octanol–water partition coefficient (Wildman–Crippen LogP) is 2.68. The molecule has 0 fully saturated rings. The fraction of sp³-hybridized carbons (Fsp3) is 0. The molecule has 0 amide bonds. The Morgan fingerprint density at radius 3 is 2.45 bits per heavy atom. The van der Waals surface area contributed by atoms with Crippen LogP contribution in [0.5, 0.6) is 0 Å². The van der Waals surface area contributed by atoms with E-state index in [0.717, 1.165) is 16.5 Å². The van der Waals surface area contributed by atoms with Gasteiger partial charge in [-0.1, -0.05) is 30.3 Å². The van der Waals surface area contributed by atoms with E-state index < -0.39 is 4.92 Å².